The molecule has 3 N–H and O–H groups in total. The van der Waals surface area contributed by atoms with Gasteiger partial charge in [-0.2, -0.15) is 0 Å². The molecule has 2 amide bonds. The lowest BCUT2D eigenvalue weighted by molar-refractivity contribution is -0.140. The standard InChI is InChI=1S/C15H15NO4.C11H9N3O2/c1-16-12-8-11(4-6-15(18)9-19-10-15)2-3-13(12)20-7-5-14(16)17;12-11(15)9-7-8(4-6-13-9)16-10-3-1-2-5-14-10/h2-3,8,18H,5,7,9-10H2,1H3;1-7H,(H2,12,15). The summed E-state index contributed by atoms with van der Waals surface area (Å²) in [6.07, 6.45) is 3.44. The van der Waals surface area contributed by atoms with Crippen LogP contribution in [0, 0.1) is 11.8 Å². The molecule has 10 nitrogen and oxygen atoms in total. The van der Waals surface area contributed by atoms with Crippen molar-refractivity contribution in [3.63, 3.8) is 0 Å². The van der Waals surface area contributed by atoms with Gasteiger partial charge in [0.25, 0.3) is 5.91 Å². The molecule has 10 heteroatoms. The minimum atomic E-state index is -1.04. The van der Waals surface area contributed by atoms with Crippen molar-refractivity contribution in [2.45, 2.75) is 12.0 Å². The van der Waals surface area contributed by atoms with Crippen molar-refractivity contribution >= 4 is 17.5 Å². The minimum absolute atomic E-state index is 0.0138. The molecule has 0 atom stereocenters. The van der Waals surface area contributed by atoms with E-state index in [9.17, 15) is 14.7 Å². The number of ether oxygens (including phenoxy) is 3. The highest BCUT2D eigenvalue weighted by atomic mass is 16.5. The number of amides is 2. The van der Waals surface area contributed by atoms with Crippen LogP contribution in [0.3, 0.4) is 0 Å². The van der Waals surface area contributed by atoms with Gasteiger partial charge in [0.1, 0.15) is 17.2 Å². The van der Waals surface area contributed by atoms with Gasteiger partial charge in [0, 0.05) is 37.1 Å². The first kappa shape index (κ1) is 24.7. The van der Waals surface area contributed by atoms with Gasteiger partial charge in [0.2, 0.25) is 11.8 Å². The largest absolute Gasteiger partial charge is 0.491 e. The van der Waals surface area contributed by atoms with Gasteiger partial charge in [-0.3, -0.25) is 14.6 Å². The topological polar surface area (TPSA) is 137 Å². The Balaban J connectivity index is 0.000000174. The third-order valence-electron chi connectivity index (χ3n) is 5.23. The van der Waals surface area contributed by atoms with Crippen molar-refractivity contribution in [1.29, 1.82) is 0 Å². The molecular formula is C26H24N4O6. The highest BCUT2D eigenvalue weighted by Crippen LogP contribution is 2.31. The molecule has 4 heterocycles. The zero-order valence-corrected chi connectivity index (χ0v) is 19.5. The number of pyridine rings is 2. The average Bonchev–Trinajstić information content (AvgIpc) is 3.00. The Morgan fingerprint density at radius 2 is 2.00 bits per heavy atom. The molecule has 0 spiro atoms. The maximum Gasteiger partial charge on any atom is 0.267 e. The van der Waals surface area contributed by atoms with Gasteiger partial charge in [-0.25, -0.2) is 4.98 Å². The first-order valence-electron chi connectivity index (χ1n) is 11.0. The SMILES string of the molecule is CN1C(=O)CCOc2ccc(C#CC3(O)COC3)cc21.NC(=O)c1cc(Oc2ccccn2)ccn1. The average molecular weight is 489 g/mol. The highest BCUT2D eigenvalue weighted by molar-refractivity contribution is 5.95. The Kier molecular flexibility index (Phi) is 7.44. The molecule has 1 saturated heterocycles. The van der Waals surface area contributed by atoms with Gasteiger partial charge in [0.05, 0.1) is 31.9 Å². The third-order valence-corrected chi connectivity index (χ3v) is 5.23. The Morgan fingerprint density at radius 1 is 1.17 bits per heavy atom. The van der Waals surface area contributed by atoms with Crippen LogP contribution in [0.25, 0.3) is 0 Å². The number of aromatic nitrogens is 2. The van der Waals surface area contributed by atoms with E-state index in [4.69, 9.17) is 19.9 Å². The molecule has 3 aromatic rings. The lowest BCUT2D eigenvalue weighted by atomic mass is 10.0. The van der Waals surface area contributed by atoms with Crippen LogP contribution < -0.4 is 20.1 Å². The van der Waals surface area contributed by atoms with Crippen LogP contribution in [0.5, 0.6) is 17.4 Å². The van der Waals surface area contributed by atoms with Crippen LogP contribution >= 0.6 is 0 Å². The Labute approximate surface area is 207 Å². The van der Waals surface area contributed by atoms with E-state index in [-0.39, 0.29) is 24.8 Å². The lowest BCUT2D eigenvalue weighted by Crippen LogP contribution is -2.48. The van der Waals surface area contributed by atoms with Gasteiger partial charge >= 0.3 is 0 Å². The number of anilines is 1. The predicted molar refractivity (Wildman–Crippen MR) is 130 cm³/mol. The molecule has 0 radical (unpaired) electrons. The fourth-order valence-corrected chi connectivity index (χ4v) is 3.22. The van der Waals surface area contributed by atoms with Crippen molar-refractivity contribution in [3.8, 4) is 29.2 Å². The smallest absolute Gasteiger partial charge is 0.267 e. The number of rotatable bonds is 3. The van der Waals surface area contributed by atoms with Gasteiger partial charge < -0.3 is 30.0 Å². The van der Waals surface area contributed by atoms with Crippen LogP contribution in [0.2, 0.25) is 0 Å². The van der Waals surface area contributed by atoms with Crippen molar-refractivity contribution in [3.05, 3.63) is 72.2 Å². The quantitative estimate of drug-likeness (QED) is 0.534. The summed E-state index contributed by atoms with van der Waals surface area (Å²) in [5.74, 6) is 6.74. The summed E-state index contributed by atoms with van der Waals surface area (Å²) < 4.78 is 15.9. The number of nitrogens with two attached hydrogens (primary N) is 1. The zero-order valence-electron chi connectivity index (χ0n) is 19.5. The van der Waals surface area contributed by atoms with Crippen LogP contribution in [-0.4, -0.2) is 59.4 Å². The monoisotopic (exact) mass is 488 g/mol. The molecule has 0 saturated carbocycles. The normalized spacial score (nSPS) is 15.4. The minimum Gasteiger partial charge on any atom is -0.491 e. The van der Waals surface area contributed by atoms with Crippen molar-refractivity contribution in [2.24, 2.45) is 5.73 Å². The molecule has 36 heavy (non-hydrogen) atoms. The lowest BCUT2D eigenvalue weighted by Gasteiger charge is -2.30. The number of hydrogen-bond donors (Lipinski definition) is 2. The first-order chi connectivity index (χ1) is 17.3. The second-order valence-electron chi connectivity index (χ2n) is 8.02. The Morgan fingerprint density at radius 3 is 2.69 bits per heavy atom. The fourth-order valence-electron chi connectivity index (χ4n) is 3.22. The number of primary amides is 1. The summed E-state index contributed by atoms with van der Waals surface area (Å²) in [6, 6.07) is 13.8. The molecule has 5 rings (SSSR count). The molecular weight excluding hydrogens is 464 g/mol. The highest BCUT2D eigenvalue weighted by Gasteiger charge is 2.33. The molecule has 0 bridgehead atoms. The van der Waals surface area contributed by atoms with Crippen molar-refractivity contribution in [2.75, 3.05) is 31.8 Å². The van der Waals surface area contributed by atoms with E-state index in [2.05, 4.69) is 21.8 Å². The maximum atomic E-state index is 11.8. The van der Waals surface area contributed by atoms with E-state index in [0.717, 1.165) is 5.56 Å². The summed E-state index contributed by atoms with van der Waals surface area (Å²) >= 11 is 0. The number of fused-ring (bicyclic) bond motifs is 1. The summed E-state index contributed by atoms with van der Waals surface area (Å²) in [5, 5.41) is 9.86. The van der Waals surface area contributed by atoms with Crippen LogP contribution in [-0.2, 0) is 9.53 Å². The summed E-state index contributed by atoms with van der Waals surface area (Å²) in [6.45, 7) is 0.872. The van der Waals surface area contributed by atoms with Gasteiger partial charge in [-0.1, -0.05) is 17.9 Å². The number of hydrogen-bond acceptors (Lipinski definition) is 8. The summed E-state index contributed by atoms with van der Waals surface area (Å²) in [7, 11) is 1.72. The van der Waals surface area contributed by atoms with E-state index in [1.807, 2.05) is 6.07 Å². The third kappa shape index (κ3) is 6.15. The Bertz CT molecular complexity index is 1310. The molecule has 1 aromatic carbocycles. The van der Waals surface area contributed by atoms with Crippen LogP contribution in [0.4, 0.5) is 5.69 Å². The van der Waals surface area contributed by atoms with E-state index >= 15 is 0 Å². The molecule has 2 aliphatic heterocycles. The number of carbonyl (C=O) groups is 2. The van der Waals surface area contributed by atoms with Crippen molar-refractivity contribution < 1.29 is 28.9 Å². The zero-order chi connectivity index (χ0) is 25.5. The molecule has 1 fully saturated rings. The molecule has 0 unspecified atom stereocenters. The second-order valence-corrected chi connectivity index (χ2v) is 8.02. The van der Waals surface area contributed by atoms with Crippen LogP contribution in [0.15, 0.2) is 60.9 Å². The molecule has 184 valence electrons. The fraction of sp³-hybridized carbons (Fsp3) is 0.231. The summed E-state index contributed by atoms with van der Waals surface area (Å²) in [4.78, 5) is 32.1. The first-order valence-corrected chi connectivity index (χ1v) is 11.0. The maximum absolute atomic E-state index is 11.8. The van der Waals surface area contributed by atoms with E-state index < -0.39 is 11.5 Å². The van der Waals surface area contributed by atoms with E-state index in [1.165, 1.54) is 12.3 Å². The predicted octanol–water partition coefficient (Wildman–Crippen LogP) is 1.91. The van der Waals surface area contributed by atoms with Crippen molar-refractivity contribution in [1.82, 2.24) is 9.97 Å². The van der Waals surface area contributed by atoms with Crippen LogP contribution in [0.1, 0.15) is 22.5 Å². The van der Waals surface area contributed by atoms with Gasteiger partial charge in [-0.15, -0.1) is 0 Å². The molecule has 2 aromatic heterocycles. The number of nitrogens with zero attached hydrogens (tertiary/aromatic N) is 3. The van der Waals surface area contributed by atoms with E-state index in [0.29, 0.717) is 36.1 Å². The number of aliphatic hydroxyl groups is 1. The van der Waals surface area contributed by atoms with Gasteiger partial charge in [0.15, 0.2) is 5.60 Å². The van der Waals surface area contributed by atoms with Gasteiger partial charge in [-0.05, 0) is 30.3 Å². The Hall–Kier alpha value is -4.46. The number of carbonyl (C=O) groups excluding carboxylic acids is 2. The molecule has 0 aliphatic carbocycles. The second kappa shape index (κ2) is 10.9. The summed E-state index contributed by atoms with van der Waals surface area (Å²) in [5.41, 5.74) is 5.66. The number of benzene rings is 1. The van der Waals surface area contributed by atoms with E-state index in [1.54, 1.807) is 54.5 Å². The molecule has 2 aliphatic rings.